The number of halogens is 1. The lowest BCUT2D eigenvalue weighted by Gasteiger charge is -2.25. The first-order valence-corrected chi connectivity index (χ1v) is 4.96. The lowest BCUT2D eigenvalue weighted by atomic mass is 10.1. The molecule has 1 atom stereocenters. The largest absolute Gasteiger partial charge is 0.496 e. The predicted molar refractivity (Wildman–Crippen MR) is 54.5 cm³/mol. The summed E-state index contributed by atoms with van der Waals surface area (Å²) < 4.78 is 23.5. The fraction of sp³-hybridized carbons (Fsp3) is 0.455. The zero-order valence-electron chi connectivity index (χ0n) is 8.63. The number of hydrogen-bond donors (Lipinski definition) is 1. The van der Waals surface area contributed by atoms with Crippen molar-refractivity contribution < 1.29 is 13.9 Å². The molecule has 15 heavy (non-hydrogen) atoms. The first-order valence-electron chi connectivity index (χ1n) is 4.96. The molecular formula is C11H14FNO2. The van der Waals surface area contributed by atoms with Gasteiger partial charge in [0.1, 0.15) is 11.6 Å². The van der Waals surface area contributed by atoms with Crippen LogP contribution in [-0.2, 0) is 4.74 Å². The average Bonchev–Trinajstić information content (AvgIpc) is 2.30. The number of rotatable bonds is 2. The Labute approximate surface area is 88.2 Å². The third-order valence-corrected chi connectivity index (χ3v) is 2.49. The number of methoxy groups -OCH3 is 1. The van der Waals surface area contributed by atoms with Crippen LogP contribution in [0.5, 0.6) is 5.75 Å². The van der Waals surface area contributed by atoms with Crippen molar-refractivity contribution in [3.05, 3.63) is 29.6 Å². The van der Waals surface area contributed by atoms with E-state index in [1.807, 2.05) is 0 Å². The second-order valence-corrected chi connectivity index (χ2v) is 3.47. The molecule has 0 spiro atoms. The van der Waals surface area contributed by atoms with Crippen molar-refractivity contribution in [2.75, 3.05) is 26.9 Å². The standard InChI is InChI=1S/C11H14FNO2/c1-14-11-6-8(12)2-3-9(11)10-7-15-5-4-13-10/h2-3,6,10,13H,4-5,7H2,1H3. The van der Waals surface area contributed by atoms with Crippen LogP contribution in [0.4, 0.5) is 4.39 Å². The van der Waals surface area contributed by atoms with Crippen molar-refractivity contribution in [3.63, 3.8) is 0 Å². The summed E-state index contributed by atoms with van der Waals surface area (Å²) in [6.07, 6.45) is 0. The Morgan fingerprint density at radius 2 is 2.40 bits per heavy atom. The number of hydrogen-bond acceptors (Lipinski definition) is 3. The van der Waals surface area contributed by atoms with Gasteiger partial charge in [0.15, 0.2) is 0 Å². The van der Waals surface area contributed by atoms with Crippen molar-refractivity contribution in [2.24, 2.45) is 0 Å². The van der Waals surface area contributed by atoms with Crippen LogP contribution < -0.4 is 10.1 Å². The quantitative estimate of drug-likeness (QED) is 0.804. The zero-order chi connectivity index (χ0) is 10.7. The van der Waals surface area contributed by atoms with E-state index in [1.165, 1.54) is 12.1 Å². The molecule has 1 fully saturated rings. The molecule has 1 saturated heterocycles. The van der Waals surface area contributed by atoms with Crippen molar-refractivity contribution in [1.29, 1.82) is 0 Å². The molecule has 1 aromatic carbocycles. The molecule has 82 valence electrons. The molecule has 1 aliphatic rings. The Balaban J connectivity index is 2.25. The summed E-state index contributed by atoms with van der Waals surface area (Å²) in [5, 5.41) is 3.30. The van der Waals surface area contributed by atoms with Gasteiger partial charge in [0, 0.05) is 18.2 Å². The van der Waals surface area contributed by atoms with Crippen molar-refractivity contribution in [2.45, 2.75) is 6.04 Å². The van der Waals surface area contributed by atoms with Gasteiger partial charge < -0.3 is 14.8 Å². The van der Waals surface area contributed by atoms with Crippen LogP contribution in [0.25, 0.3) is 0 Å². The highest BCUT2D eigenvalue weighted by molar-refractivity contribution is 5.36. The van der Waals surface area contributed by atoms with Crippen LogP contribution >= 0.6 is 0 Å². The summed E-state index contributed by atoms with van der Waals surface area (Å²) in [7, 11) is 1.54. The number of morpholine rings is 1. The van der Waals surface area contributed by atoms with E-state index in [1.54, 1.807) is 13.2 Å². The maximum absolute atomic E-state index is 13.0. The van der Waals surface area contributed by atoms with Crippen LogP contribution in [-0.4, -0.2) is 26.9 Å². The van der Waals surface area contributed by atoms with Gasteiger partial charge >= 0.3 is 0 Å². The normalized spacial score (nSPS) is 21.3. The molecule has 2 rings (SSSR count). The second kappa shape index (κ2) is 4.59. The summed E-state index contributed by atoms with van der Waals surface area (Å²) in [6.45, 7) is 2.13. The van der Waals surface area contributed by atoms with Crippen molar-refractivity contribution in [3.8, 4) is 5.75 Å². The highest BCUT2D eigenvalue weighted by Gasteiger charge is 2.19. The summed E-state index contributed by atoms with van der Waals surface area (Å²) in [5.74, 6) is 0.283. The minimum Gasteiger partial charge on any atom is -0.496 e. The summed E-state index contributed by atoms with van der Waals surface area (Å²) in [6, 6.07) is 4.66. The number of ether oxygens (including phenoxy) is 2. The molecule has 0 saturated carbocycles. The molecular weight excluding hydrogens is 197 g/mol. The molecule has 0 bridgehead atoms. The van der Waals surface area contributed by atoms with Gasteiger partial charge in [-0.2, -0.15) is 0 Å². The SMILES string of the molecule is COc1cc(F)ccc1C1COCCN1. The van der Waals surface area contributed by atoms with E-state index in [0.29, 0.717) is 12.4 Å². The number of nitrogens with one attached hydrogen (secondary N) is 1. The lowest BCUT2D eigenvalue weighted by molar-refractivity contribution is 0.0760. The first-order chi connectivity index (χ1) is 7.31. The van der Waals surface area contributed by atoms with E-state index in [0.717, 1.165) is 18.7 Å². The maximum atomic E-state index is 13.0. The van der Waals surface area contributed by atoms with E-state index < -0.39 is 0 Å². The summed E-state index contributed by atoms with van der Waals surface area (Å²) in [5.41, 5.74) is 0.943. The maximum Gasteiger partial charge on any atom is 0.126 e. The fourth-order valence-corrected chi connectivity index (χ4v) is 1.74. The third kappa shape index (κ3) is 2.27. The van der Waals surface area contributed by atoms with E-state index in [9.17, 15) is 4.39 Å². The van der Waals surface area contributed by atoms with Gasteiger partial charge in [-0.25, -0.2) is 4.39 Å². The van der Waals surface area contributed by atoms with Crippen LogP contribution in [0.3, 0.4) is 0 Å². The van der Waals surface area contributed by atoms with E-state index in [2.05, 4.69) is 5.32 Å². The molecule has 0 aromatic heterocycles. The minimum absolute atomic E-state index is 0.0919. The Kier molecular flexibility index (Phi) is 3.18. The molecule has 3 nitrogen and oxygen atoms in total. The van der Waals surface area contributed by atoms with E-state index >= 15 is 0 Å². The third-order valence-electron chi connectivity index (χ3n) is 2.49. The lowest BCUT2D eigenvalue weighted by Crippen LogP contribution is -2.34. The monoisotopic (exact) mass is 211 g/mol. The molecule has 0 radical (unpaired) electrons. The smallest absolute Gasteiger partial charge is 0.126 e. The first kappa shape index (κ1) is 10.4. The van der Waals surface area contributed by atoms with Gasteiger partial charge in [0.05, 0.1) is 26.4 Å². The molecule has 1 unspecified atom stereocenters. The average molecular weight is 211 g/mol. The highest BCUT2D eigenvalue weighted by Crippen LogP contribution is 2.27. The number of benzene rings is 1. The van der Waals surface area contributed by atoms with Gasteiger partial charge in [0.25, 0.3) is 0 Å². The fourth-order valence-electron chi connectivity index (χ4n) is 1.74. The second-order valence-electron chi connectivity index (χ2n) is 3.47. The van der Waals surface area contributed by atoms with Crippen LogP contribution in [0.1, 0.15) is 11.6 Å². The van der Waals surface area contributed by atoms with Crippen LogP contribution in [0, 0.1) is 5.82 Å². The topological polar surface area (TPSA) is 30.5 Å². The van der Waals surface area contributed by atoms with Crippen LogP contribution in [0.15, 0.2) is 18.2 Å². The summed E-state index contributed by atoms with van der Waals surface area (Å²) in [4.78, 5) is 0. The van der Waals surface area contributed by atoms with E-state index in [-0.39, 0.29) is 11.9 Å². The molecule has 4 heteroatoms. The molecule has 1 heterocycles. The molecule has 1 N–H and O–H groups in total. The van der Waals surface area contributed by atoms with Gasteiger partial charge in [-0.3, -0.25) is 0 Å². The van der Waals surface area contributed by atoms with Gasteiger partial charge in [0.2, 0.25) is 0 Å². The Morgan fingerprint density at radius 1 is 1.53 bits per heavy atom. The molecule has 1 aliphatic heterocycles. The molecule has 1 aromatic rings. The predicted octanol–water partition coefficient (Wildman–Crippen LogP) is 1.50. The van der Waals surface area contributed by atoms with Gasteiger partial charge in [-0.15, -0.1) is 0 Å². The van der Waals surface area contributed by atoms with E-state index in [4.69, 9.17) is 9.47 Å². The van der Waals surface area contributed by atoms with Crippen molar-refractivity contribution >= 4 is 0 Å². The Bertz CT molecular complexity index is 337. The Hall–Kier alpha value is -1.13. The summed E-state index contributed by atoms with van der Waals surface area (Å²) >= 11 is 0. The Morgan fingerprint density at radius 3 is 3.07 bits per heavy atom. The zero-order valence-corrected chi connectivity index (χ0v) is 8.63. The molecule has 0 amide bonds. The van der Waals surface area contributed by atoms with Gasteiger partial charge in [-0.05, 0) is 6.07 Å². The van der Waals surface area contributed by atoms with Crippen molar-refractivity contribution in [1.82, 2.24) is 5.32 Å². The van der Waals surface area contributed by atoms with Crippen LogP contribution in [0.2, 0.25) is 0 Å². The highest BCUT2D eigenvalue weighted by atomic mass is 19.1. The minimum atomic E-state index is -0.285. The van der Waals surface area contributed by atoms with Gasteiger partial charge in [-0.1, -0.05) is 6.07 Å². The molecule has 0 aliphatic carbocycles.